The first-order chi connectivity index (χ1) is 13.2. The molecule has 0 aliphatic carbocycles. The molecule has 2 aromatic carbocycles. The summed E-state index contributed by atoms with van der Waals surface area (Å²) >= 11 is 3.27. The smallest absolute Gasteiger partial charge is 0.270 e. The van der Waals surface area contributed by atoms with E-state index in [1.165, 1.54) is 24.3 Å². The van der Waals surface area contributed by atoms with Crippen LogP contribution < -0.4 is 10.2 Å². The summed E-state index contributed by atoms with van der Waals surface area (Å²) in [7, 11) is -3.42. The lowest BCUT2D eigenvalue weighted by atomic mass is 10.1. The lowest BCUT2D eigenvalue weighted by Gasteiger charge is -2.11. The molecule has 1 aromatic heterocycles. The highest BCUT2D eigenvalue weighted by atomic mass is 79.9. The fourth-order valence-electron chi connectivity index (χ4n) is 2.38. The van der Waals surface area contributed by atoms with Crippen LogP contribution in [0.5, 0.6) is 11.5 Å². The third-order valence-corrected chi connectivity index (χ3v) is 5.45. The Balaban J connectivity index is 2.13. The standard InChI is InChI=1S/C19H13BrF2O5S/c1-28(24,25)14-8-2-11(3-9-14)17-18(16(23)15(10-26-17)19(21)22)27-13-6-4-12(20)5-7-13/h2-10,19H,1H3. The van der Waals surface area contributed by atoms with Gasteiger partial charge in [-0.05, 0) is 48.5 Å². The molecule has 0 aliphatic rings. The lowest BCUT2D eigenvalue weighted by molar-refractivity contribution is 0.146. The molecule has 9 heteroatoms. The van der Waals surface area contributed by atoms with Crippen molar-refractivity contribution < 1.29 is 26.4 Å². The van der Waals surface area contributed by atoms with Gasteiger partial charge in [0.2, 0.25) is 11.2 Å². The molecule has 0 aliphatic heterocycles. The zero-order valence-corrected chi connectivity index (χ0v) is 16.8. The molecular formula is C19H13BrF2O5S. The van der Waals surface area contributed by atoms with Gasteiger partial charge in [-0.1, -0.05) is 15.9 Å². The van der Waals surface area contributed by atoms with Crippen molar-refractivity contribution in [2.75, 3.05) is 6.26 Å². The van der Waals surface area contributed by atoms with Gasteiger partial charge in [0.1, 0.15) is 17.6 Å². The molecule has 146 valence electrons. The van der Waals surface area contributed by atoms with Gasteiger partial charge < -0.3 is 9.15 Å². The first-order valence-corrected chi connectivity index (χ1v) is 10.5. The first kappa shape index (κ1) is 20.2. The highest BCUT2D eigenvalue weighted by Crippen LogP contribution is 2.33. The van der Waals surface area contributed by atoms with Gasteiger partial charge in [0.25, 0.3) is 6.43 Å². The highest BCUT2D eigenvalue weighted by molar-refractivity contribution is 9.10. The lowest BCUT2D eigenvalue weighted by Crippen LogP contribution is -2.12. The van der Waals surface area contributed by atoms with E-state index in [0.29, 0.717) is 11.8 Å². The second kappa shape index (κ2) is 7.84. The van der Waals surface area contributed by atoms with Crippen LogP contribution >= 0.6 is 15.9 Å². The summed E-state index contributed by atoms with van der Waals surface area (Å²) in [5, 5.41) is 0. The zero-order valence-electron chi connectivity index (χ0n) is 14.4. The van der Waals surface area contributed by atoms with Gasteiger partial charge in [0.05, 0.1) is 4.90 Å². The van der Waals surface area contributed by atoms with Crippen LogP contribution in [0.1, 0.15) is 12.0 Å². The van der Waals surface area contributed by atoms with E-state index in [-0.39, 0.29) is 16.4 Å². The monoisotopic (exact) mass is 470 g/mol. The maximum absolute atomic E-state index is 13.1. The van der Waals surface area contributed by atoms with Gasteiger partial charge in [-0.2, -0.15) is 0 Å². The van der Waals surface area contributed by atoms with E-state index in [0.717, 1.165) is 10.7 Å². The molecule has 0 N–H and O–H groups in total. The summed E-state index contributed by atoms with van der Waals surface area (Å²) in [4.78, 5) is 12.6. The van der Waals surface area contributed by atoms with Crippen LogP contribution in [0.15, 0.2) is 73.4 Å². The SMILES string of the molecule is CS(=O)(=O)c1ccc(-c2occ(C(F)F)c(=O)c2Oc2ccc(Br)cc2)cc1. The summed E-state index contributed by atoms with van der Waals surface area (Å²) in [6.07, 6.45) is -1.30. The number of hydrogen-bond acceptors (Lipinski definition) is 5. The minimum absolute atomic E-state index is 0.0678. The van der Waals surface area contributed by atoms with Gasteiger partial charge in [0.15, 0.2) is 15.6 Å². The fraction of sp³-hybridized carbons (Fsp3) is 0.105. The summed E-state index contributed by atoms with van der Waals surface area (Å²) in [6, 6.07) is 11.9. The maximum atomic E-state index is 13.1. The Morgan fingerprint density at radius 1 is 1.04 bits per heavy atom. The van der Waals surface area contributed by atoms with Crippen molar-refractivity contribution in [3.05, 3.63) is 75.1 Å². The maximum Gasteiger partial charge on any atom is 0.270 e. The van der Waals surface area contributed by atoms with E-state index < -0.39 is 33.0 Å². The summed E-state index contributed by atoms with van der Waals surface area (Å²) in [5.41, 5.74) is -1.53. The Morgan fingerprint density at radius 3 is 2.18 bits per heavy atom. The minimum atomic E-state index is -3.42. The number of sulfone groups is 1. The topological polar surface area (TPSA) is 73.6 Å². The molecule has 0 radical (unpaired) electrons. The summed E-state index contributed by atoms with van der Waals surface area (Å²) in [5.74, 6) is -0.250. The summed E-state index contributed by atoms with van der Waals surface area (Å²) < 4.78 is 61.1. The Hall–Kier alpha value is -2.52. The number of halogens is 3. The van der Waals surface area contributed by atoms with Crippen molar-refractivity contribution in [2.24, 2.45) is 0 Å². The molecule has 1 heterocycles. The predicted molar refractivity (Wildman–Crippen MR) is 103 cm³/mol. The molecule has 0 saturated carbocycles. The molecule has 0 atom stereocenters. The number of ether oxygens (including phenoxy) is 1. The van der Waals surface area contributed by atoms with E-state index in [1.54, 1.807) is 24.3 Å². The first-order valence-electron chi connectivity index (χ1n) is 7.84. The average Bonchev–Trinajstić information content (AvgIpc) is 2.64. The van der Waals surface area contributed by atoms with Crippen LogP contribution in [0.25, 0.3) is 11.3 Å². The molecular weight excluding hydrogens is 458 g/mol. The molecule has 0 fully saturated rings. The number of benzene rings is 2. The fourth-order valence-corrected chi connectivity index (χ4v) is 3.27. The van der Waals surface area contributed by atoms with Crippen LogP contribution in [0.3, 0.4) is 0 Å². The van der Waals surface area contributed by atoms with Crippen LogP contribution in [0.4, 0.5) is 8.78 Å². The van der Waals surface area contributed by atoms with Gasteiger partial charge in [-0.15, -0.1) is 0 Å². The average molecular weight is 471 g/mol. The van der Waals surface area contributed by atoms with Crippen LogP contribution in [0.2, 0.25) is 0 Å². The van der Waals surface area contributed by atoms with Crippen molar-refractivity contribution in [1.82, 2.24) is 0 Å². The molecule has 0 spiro atoms. The van der Waals surface area contributed by atoms with E-state index >= 15 is 0 Å². The number of alkyl halides is 2. The van der Waals surface area contributed by atoms with Gasteiger partial charge in [-0.25, -0.2) is 17.2 Å². The second-order valence-electron chi connectivity index (χ2n) is 5.83. The Bertz CT molecular complexity index is 1150. The third-order valence-electron chi connectivity index (χ3n) is 3.79. The quantitative estimate of drug-likeness (QED) is 0.512. The van der Waals surface area contributed by atoms with Crippen molar-refractivity contribution in [3.63, 3.8) is 0 Å². The van der Waals surface area contributed by atoms with Crippen molar-refractivity contribution in [2.45, 2.75) is 11.3 Å². The molecule has 3 aromatic rings. The number of hydrogen-bond donors (Lipinski definition) is 0. The Labute approximate surface area is 167 Å². The Kier molecular flexibility index (Phi) is 5.66. The van der Waals surface area contributed by atoms with E-state index in [4.69, 9.17) is 9.15 Å². The van der Waals surface area contributed by atoms with Crippen molar-refractivity contribution in [3.8, 4) is 22.8 Å². The normalized spacial score (nSPS) is 11.6. The van der Waals surface area contributed by atoms with Crippen molar-refractivity contribution in [1.29, 1.82) is 0 Å². The summed E-state index contributed by atoms with van der Waals surface area (Å²) in [6.45, 7) is 0. The van der Waals surface area contributed by atoms with E-state index in [2.05, 4.69) is 15.9 Å². The molecule has 0 amide bonds. The van der Waals surface area contributed by atoms with Crippen LogP contribution in [-0.2, 0) is 9.84 Å². The molecule has 0 saturated heterocycles. The number of rotatable bonds is 5. The largest absolute Gasteiger partial charge is 0.460 e. The molecule has 0 bridgehead atoms. The Morgan fingerprint density at radius 2 is 1.64 bits per heavy atom. The molecule has 3 rings (SSSR count). The van der Waals surface area contributed by atoms with Gasteiger partial charge >= 0.3 is 0 Å². The van der Waals surface area contributed by atoms with Crippen molar-refractivity contribution >= 4 is 25.8 Å². The van der Waals surface area contributed by atoms with Crippen LogP contribution in [0, 0.1) is 0 Å². The highest BCUT2D eigenvalue weighted by Gasteiger charge is 2.23. The zero-order chi connectivity index (χ0) is 20.5. The van der Waals surface area contributed by atoms with Gasteiger partial charge in [0, 0.05) is 16.3 Å². The minimum Gasteiger partial charge on any atom is -0.460 e. The molecule has 5 nitrogen and oxygen atoms in total. The third kappa shape index (κ3) is 4.31. The van der Waals surface area contributed by atoms with Gasteiger partial charge in [-0.3, -0.25) is 4.79 Å². The predicted octanol–water partition coefficient (Wildman–Crippen LogP) is 5.20. The van der Waals surface area contributed by atoms with E-state index in [9.17, 15) is 22.0 Å². The van der Waals surface area contributed by atoms with E-state index in [1.807, 2.05) is 0 Å². The molecule has 0 unspecified atom stereocenters. The second-order valence-corrected chi connectivity index (χ2v) is 8.76. The van der Waals surface area contributed by atoms with Crippen LogP contribution in [-0.4, -0.2) is 14.7 Å². The molecule has 28 heavy (non-hydrogen) atoms.